The Morgan fingerprint density at radius 1 is 1.47 bits per heavy atom. The second-order valence-electron chi connectivity index (χ2n) is 3.30. The number of aromatic nitrogens is 1. The lowest BCUT2D eigenvalue weighted by Crippen LogP contribution is -2.25. The third-order valence-corrected chi connectivity index (χ3v) is 2.36. The van der Waals surface area contributed by atoms with Crippen LogP contribution in [0.3, 0.4) is 0 Å². The van der Waals surface area contributed by atoms with Crippen molar-refractivity contribution in [3.8, 4) is 5.75 Å². The maximum Gasteiger partial charge on any atom is 0.316 e. The molecule has 0 aromatic carbocycles. The predicted molar refractivity (Wildman–Crippen MR) is 59.7 cm³/mol. The first-order chi connectivity index (χ1) is 8.19. The van der Waals surface area contributed by atoms with E-state index in [1.165, 1.54) is 21.3 Å². The Labute approximate surface area is 97.7 Å². The minimum absolute atomic E-state index is 0.0746. The maximum absolute atomic E-state index is 11.9. The fraction of sp³-hybridized carbons (Fsp3) is 0.273. The van der Waals surface area contributed by atoms with Crippen LogP contribution in [0.2, 0.25) is 0 Å². The summed E-state index contributed by atoms with van der Waals surface area (Å²) in [4.78, 5) is 20.8. The highest BCUT2D eigenvalue weighted by atomic mass is 16.7. The van der Waals surface area contributed by atoms with Crippen LogP contribution in [-0.2, 0) is 4.84 Å². The van der Waals surface area contributed by atoms with E-state index < -0.39 is 5.91 Å². The van der Waals surface area contributed by atoms with Crippen molar-refractivity contribution in [2.75, 3.05) is 21.3 Å². The average molecular weight is 236 g/mol. The Kier molecular flexibility index (Phi) is 2.97. The molecule has 0 fully saturated rings. The molecule has 0 aliphatic rings. The number of nitrogens with zero attached hydrogens (tertiary/aromatic N) is 2. The van der Waals surface area contributed by atoms with Crippen molar-refractivity contribution < 1.29 is 18.8 Å². The zero-order valence-electron chi connectivity index (χ0n) is 9.76. The van der Waals surface area contributed by atoms with Gasteiger partial charge in [-0.25, -0.2) is 10.0 Å². The topological polar surface area (TPSA) is 64.8 Å². The van der Waals surface area contributed by atoms with Gasteiger partial charge in [0.2, 0.25) is 5.76 Å². The summed E-state index contributed by atoms with van der Waals surface area (Å²) in [6.07, 6.45) is 1.61. The van der Waals surface area contributed by atoms with Crippen LogP contribution in [0, 0.1) is 0 Å². The van der Waals surface area contributed by atoms with Crippen LogP contribution in [0.15, 0.2) is 22.7 Å². The SMILES string of the molecule is COc1c(C(=O)N(C)OC)oc2cccnc12. The van der Waals surface area contributed by atoms with E-state index >= 15 is 0 Å². The molecular weight excluding hydrogens is 224 g/mol. The van der Waals surface area contributed by atoms with Crippen LogP contribution in [-0.4, -0.2) is 37.2 Å². The molecule has 0 radical (unpaired) electrons. The number of hydroxylamine groups is 2. The van der Waals surface area contributed by atoms with E-state index in [1.807, 2.05) is 0 Å². The summed E-state index contributed by atoms with van der Waals surface area (Å²) in [6.45, 7) is 0. The summed E-state index contributed by atoms with van der Waals surface area (Å²) in [5, 5.41) is 1.06. The summed E-state index contributed by atoms with van der Waals surface area (Å²) in [6, 6.07) is 3.44. The van der Waals surface area contributed by atoms with Gasteiger partial charge in [-0.1, -0.05) is 0 Å². The number of hydrogen-bond acceptors (Lipinski definition) is 5. The fourth-order valence-corrected chi connectivity index (χ4v) is 1.46. The molecule has 6 heteroatoms. The highest BCUT2D eigenvalue weighted by Crippen LogP contribution is 2.31. The average Bonchev–Trinajstić information content (AvgIpc) is 2.75. The van der Waals surface area contributed by atoms with Gasteiger partial charge in [-0.2, -0.15) is 0 Å². The third kappa shape index (κ3) is 1.83. The number of rotatable bonds is 3. The molecule has 0 bridgehead atoms. The number of furan rings is 1. The molecule has 0 aliphatic heterocycles. The molecule has 90 valence electrons. The fourth-order valence-electron chi connectivity index (χ4n) is 1.46. The van der Waals surface area contributed by atoms with Crippen molar-refractivity contribution in [3.63, 3.8) is 0 Å². The summed E-state index contributed by atoms with van der Waals surface area (Å²) in [5.74, 6) is -0.0394. The Morgan fingerprint density at radius 2 is 2.24 bits per heavy atom. The monoisotopic (exact) mass is 236 g/mol. The molecule has 0 unspecified atom stereocenters. The van der Waals surface area contributed by atoms with Gasteiger partial charge in [0.1, 0.15) is 0 Å². The van der Waals surface area contributed by atoms with Gasteiger partial charge < -0.3 is 9.15 Å². The van der Waals surface area contributed by atoms with Crippen LogP contribution < -0.4 is 4.74 Å². The standard InChI is InChI=1S/C11H12N2O4/c1-13(16-3)11(14)10-9(15-2)8-7(17-10)5-4-6-12-8/h4-6H,1-3H3. The Bertz CT molecular complexity index is 549. The van der Waals surface area contributed by atoms with Crippen molar-refractivity contribution >= 4 is 17.0 Å². The molecule has 6 nitrogen and oxygen atoms in total. The van der Waals surface area contributed by atoms with Crippen LogP contribution in [0.5, 0.6) is 5.75 Å². The van der Waals surface area contributed by atoms with Crippen LogP contribution in [0.1, 0.15) is 10.6 Å². The zero-order chi connectivity index (χ0) is 12.4. The first-order valence-corrected chi connectivity index (χ1v) is 4.92. The van der Waals surface area contributed by atoms with Crippen molar-refractivity contribution in [3.05, 3.63) is 24.1 Å². The molecular formula is C11H12N2O4. The third-order valence-electron chi connectivity index (χ3n) is 2.36. The molecule has 0 atom stereocenters. The van der Waals surface area contributed by atoms with Gasteiger partial charge in [0, 0.05) is 13.2 Å². The van der Waals surface area contributed by atoms with Crippen molar-refractivity contribution in [2.24, 2.45) is 0 Å². The van der Waals surface area contributed by atoms with Gasteiger partial charge in [0.15, 0.2) is 16.8 Å². The van der Waals surface area contributed by atoms with Crippen molar-refractivity contribution in [1.29, 1.82) is 0 Å². The number of hydrogen-bond donors (Lipinski definition) is 0. The lowest BCUT2D eigenvalue weighted by atomic mass is 10.3. The first-order valence-electron chi connectivity index (χ1n) is 4.92. The van der Waals surface area contributed by atoms with E-state index in [1.54, 1.807) is 18.3 Å². The normalized spacial score (nSPS) is 10.5. The van der Waals surface area contributed by atoms with Gasteiger partial charge in [-0.05, 0) is 12.1 Å². The van der Waals surface area contributed by atoms with Gasteiger partial charge in [-0.15, -0.1) is 0 Å². The molecule has 0 saturated carbocycles. The van der Waals surface area contributed by atoms with E-state index in [0.29, 0.717) is 16.8 Å². The molecule has 17 heavy (non-hydrogen) atoms. The van der Waals surface area contributed by atoms with Crippen molar-refractivity contribution in [2.45, 2.75) is 0 Å². The van der Waals surface area contributed by atoms with Crippen LogP contribution >= 0.6 is 0 Å². The first kappa shape index (κ1) is 11.4. The maximum atomic E-state index is 11.9. The van der Waals surface area contributed by atoms with E-state index in [9.17, 15) is 4.79 Å². The van der Waals surface area contributed by atoms with Gasteiger partial charge in [0.05, 0.1) is 14.2 Å². The summed E-state index contributed by atoms with van der Waals surface area (Å²) < 4.78 is 10.6. The number of fused-ring (bicyclic) bond motifs is 1. The van der Waals surface area contributed by atoms with Gasteiger partial charge in [-0.3, -0.25) is 9.63 Å². The molecule has 1 amide bonds. The van der Waals surface area contributed by atoms with Crippen molar-refractivity contribution in [1.82, 2.24) is 10.0 Å². The number of carbonyl (C=O) groups excluding carboxylic acids is 1. The van der Waals surface area contributed by atoms with Gasteiger partial charge in [0.25, 0.3) is 0 Å². The van der Waals surface area contributed by atoms with Gasteiger partial charge >= 0.3 is 5.91 Å². The lowest BCUT2D eigenvalue weighted by molar-refractivity contribution is -0.0774. The lowest BCUT2D eigenvalue weighted by Gasteiger charge is -2.11. The van der Waals surface area contributed by atoms with E-state index in [-0.39, 0.29) is 5.76 Å². The molecule has 0 spiro atoms. The number of carbonyl (C=O) groups is 1. The minimum atomic E-state index is -0.428. The van der Waals surface area contributed by atoms with E-state index in [2.05, 4.69) is 4.98 Å². The second-order valence-corrected chi connectivity index (χ2v) is 3.30. The molecule has 2 heterocycles. The van der Waals surface area contributed by atoms with E-state index in [0.717, 1.165) is 5.06 Å². The Balaban J connectivity index is 2.57. The minimum Gasteiger partial charge on any atom is -0.491 e. The van der Waals surface area contributed by atoms with Crippen LogP contribution in [0.4, 0.5) is 0 Å². The summed E-state index contributed by atoms with van der Waals surface area (Å²) >= 11 is 0. The number of amides is 1. The van der Waals surface area contributed by atoms with E-state index in [4.69, 9.17) is 14.0 Å². The molecule has 2 aromatic heterocycles. The molecule has 0 saturated heterocycles. The van der Waals surface area contributed by atoms with Crippen LogP contribution in [0.25, 0.3) is 11.1 Å². The predicted octanol–water partition coefficient (Wildman–Crippen LogP) is 1.47. The quantitative estimate of drug-likeness (QED) is 0.755. The summed E-state index contributed by atoms with van der Waals surface area (Å²) in [5.41, 5.74) is 1.01. The smallest absolute Gasteiger partial charge is 0.316 e. The molecule has 0 N–H and O–H groups in total. The largest absolute Gasteiger partial charge is 0.491 e. The number of methoxy groups -OCH3 is 1. The highest BCUT2D eigenvalue weighted by Gasteiger charge is 2.25. The number of pyridine rings is 1. The Morgan fingerprint density at radius 3 is 2.88 bits per heavy atom. The summed E-state index contributed by atoms with van der Waals surface area (Å²) in [7, 11) is 4.34. The second kappa shape index (κ2) is 4.42. The Hall–Kier alpha value is -2.08. The molecule has 2 aromatic rings. The number of ether oxygens (including phenoxy) is 1. The highest BCUT2D eigenvalue weighted by molar-refractivity contribution is 5.99. The molecule has 0 aliphatic carbocycles. The molecule has 2 rings (SSSR count). The zero-order valence-corrected chi connectivity index (χ0v) is 9.76.